The minimum atomic E-state index is -0.963. The first-order valence-electron chi connectivity index (χ1n) is 6.06. The summed E-state index contributed by atoms with van der Waals surface area (Å²) >= 11 is 5.98. The van der Waals surface area contributed by atoms with Crippen molar-refractivity contribution in [3.63, 3.8) is 0 Å². The fourth-order valence-corrected chi connectivity index (χ4v) is 2.37. The highest BCUT2D eigenvalue weighted by atomic mass is 35.5. The molecule has 102 valence electrons. The van der Waals surface area contributed by atoms with Crippen LogP contribution in [0, 0.1) is 6.92 Å². The molecule has 0 aliphatic carbocycles. The number of urea groups is 1. The van der Waals surface area contributed by atoms with Crippen LogP contribution in [-0.2, 0) is 4.79 Å². The van der Waals surface area contributed by atoms with E-state index in [0.29, 0.717) is 30.1 Å². The molecule has 0 spiro atoms. The molecule has 0 bridgehead atoms. The first kappa shape index (κ1) is 13.7. The molecule has 1 heterocycles. The average Bonchev–Trinajstić information content (AvgIpc) is 2.84. The predicted octanol–water partition coefficient (Wildman–Crippen LogP) is 2.73. The lowest BCUT2D eigenvalue weighted by Gasteiger charge is -2.22. The maximum Gasteiger partial charge on any atom is 0.326 e. The van der Waals surface area contributed by atoms with Gasteiger partial charge < -0.3 is 15.3 Å². The van der Waals surface area contributed by atoms with Gasteiger partial charge in [-0.3, -0.25) is 0 Å². The lowest BCUT2D eigenvalue weighted by atomic mass is 10.2. The van der Waals surface area contributed by atoms with Crippen LogP contribution < -0.4 is 5.32 Å². The summed E-state index contributed by atoms with van der Waals surface area (Å²) in [4.78, 5) is 24.5. The number of nitrogens with zero attached hydrogens (tertiary/aromatic N) is 1. The summed E-state index contributed by atoms with van der Waals surface area (Å²) in [6.07, 6.45) is 1.20. The first-order chi connectivity index (χ1) is 9.00. The van der Waals surface area contributed by atoms with Gasteiger partial charge in [-0.2, -0.15) is 0 Å². The van der Waals surface area contributed by atoms with Crippen molar-refractivity contribution in [3.8, 4) is 0 Å². The number of benzene rings is 1. The van der Waals surface area contributed by atoms with Crippen LogP contribution in [-0.4, -0.2) is 34.6 Å². The average molecular weight is 283 g/mol. The number of carbonyl (C=O) groups excluding carboxylic acids is 1. The van der Waals surface area contributed by atoms with Crippen LogP contribution in [0.3, 0.4) is 0 Å². The monoisotopic (exact) mass is 282 g/mol. The number of carboxylic acid groups (broad SMARTS) is 1. The number of nitrogens with one attached hydrogen (secondary N) is 1. The van der Waals surface area contributed by atoms with Gasteiger partial charge in [0.2, 0.25) is 0 Å². The number of aliphatic carboxylic acids is 1. The molecule has 2 rings (SSSR count). The Morgan fingerprint density at radius 3 is 2.89 bits per heavy atom. The maximum atomic E-state index is 12.1. The molecule has 0 saturated carbocycles. The van der Waals surface area contributed by atoms with Gasteiger partial charge >= 0.3 is 12.0 Å². The Bertz CT molecular complexity index is 519. The summed E-state index contributed by atoms with van der Waals surface area (Å²) in [5, 5.41) is 12.3. The fraction of sp³-hybridized carbons (Fsp3) is 0.385. The summed E-state index contributed by atoms with van der Waals surface area (Å²) in [7, 11) is 0. The number of amides is 2. The van der Waals surface area contributed by atoms with Crippen LogP contribution in [0.15, 0.2) is 18.2 Å². The SMILES string of the molecule is Cc1c(Cl)cccc1NC(=O)N1CCC[C@@H]1C(=O)O. The van der Waals surface area contributed by atoms with Crippen LogP contribution in [0.5, 0.6) is 0 Å². The molecule has 1 aromatic carbocycles. The van der Waals surface area contributed by atoms with Crippen molar-refractivity contribution >= 4 is 29.3 Å². The quantitative estimate of drug-likeness (QED) is 0.876. The van der Waals surface area contributed by atoms with E-state index < -0.39 is 18.0 Å². The molecule has 1 fully saturated rings. The number of halogens is 1. The van der Waals surface area contributed by atoms with Gasteiger partial charge in [0.25, 0.3) is 0 Å². The second-order valence-corrected chi connectivity index (χ2v) is 4.94. The molecular weight excluding hydrogens is 268 g/mol. The number of hydrogen-bond donors (Lipinski definition) is 2. The lowest BCUT2D eigenvalue weighted by Crippen LogP contribution is -2.42. The molecule has 1 aliphatic rings. The van der Waals surface area contributed by atoms with E-state index in [-0.39, 0.29) is 0 Å². The van der Waals surface area contributed by atoms with Crippen molar-refractivity contribution in [1.29, 1.82) is 0 Å². The number of anilines is 1. The molecule has 1 aliphatic heterocycles. The van der Waals surface area contributed by atoms with Gasteiger partial charge in [-0.05, 0) is 37.5 Å². The Balaban J connectivity index is 2.13. The van der Waals surface area contributed by atoms with Gasteiger partial charge in [-0.15, -0.1) is 0 Å². The second kappa shape index (κ2) is 5.48. The zero-order valence-corrected chi connectivity index (χ0v) is 11.3. The Hall–Kier alpha value is -1.75. The van der Waals surface area contributed by atoms with Crippen LogP contribution in [0.25, 0.3) is 0 Å². The summed E-state index contributed by atoms with van der Waals surface area (Å²) in [6, 6.07) is 4.09. The Morgan fingerprint density at radius 1 is 1.47 bits per heavy atom. The molecule has 1 atom stereocenters. The topological polar surface area (TPSA) is 69.6 Å². The smallest absolute Gasteiger partial charge is 0.326 e. The summed E-state index contributed by atoms with van der Waals surface area (Å²) in [6.45, 7) is 2.26. The molecule has 0 unspecified atom stereocenters. The number of rotatable bonds is 2. The summed E-state index contributed by atoms with van der Waals surface area (Å²) in [5.74, 6) is -0.963. The third-order valence-electron chi connectivity index (χ3n) is 3.31. The second-order valence-electron chi connectivity index (χ2n) is 4.53. The van der Waals surface area contributed by atoms with Gasteiger partial charge in [0.1, 0.15) is 6.04 Å². The van der Waals surface area contributed by atoms with E-state index >= 15 is 0 Å². The highest BCUT2D eigenvalue weighted by molar-refractivity contribution is 6.31. The van der Waals surface area contributed by atoms with E-state index in [9.17, 15) is 9.59 Å². The van der Waals surface area contributed by atoms with Crippen molar-refractivity contribution in [1.82, 2.24) is 4.90 Å². The predicted molar refractivity (Wildman–Crippen MR) is 72.6 cm³/mol. The summed E-state index contributed by atoms with van der Waals surface area (Å²) in [5.41, 5.74) is 1.37. The third kappa shape index (κ3) is 2.81. The van der Waals surface area contributed by atoms with Crippen LogP contribution in [0.4, 0.5) is 10.5 Å². The van der Waals surface area contributed by atoms with E-state index in [1.54, 1.807) is 25.1 Å². The molecule has 1 aromatic rings. The highest BCUT2D eigenvalue weighted by Gasteiger charge is 2.34. The molecule has 0 radical (unpaired) electrons. The number of hydrogen-bond acceptors (Lipinski definition) is 2. The standard InChI is InChI=1S/C13H15ClN2O3/c1-8-9(14)4-2-5-10(8)15-13(19)16-7-3-6-11(16)12(17)18/h2,4-5,11H,3,6-7H2,1H3,(H,15,19)(H,17,18)/t11-/m1/s1. The zero-order valence-electron chi connectivity index (χ0n) is 10.5. The van der Waals surface area contributed by atoms with Gasteiger partial charge in [0, 0.05) is 17.3 Å². The van der Waals surface area contributed by atoms with Crippen molar-refractivity contribution in [2.75, 3.05) is 11.9 Å². The van der Waals surface area contributed by atoms with Gasteiger partial charge in [0.05, 0.1) is 0 Å². The zero-order chi connectivity index (χ0) is 14.0. The van der Waals surface area contributed by atoms with Crippen LogP contribution >= 0.6 is 11.6 Å². The molecule has 19 heavy (non-hydrogen) atoms. The minimum absolute atomic E-state index is 0.393. The Labute approximate surface area is 116 Å². The number of carbonyl (C=O) groups is 2. The van der Waals surface area contributed by atoms with Gasteiger partial charge in [-0.25, -0.2) is 9.59 Å². The third-order valence-corrected chi connectivity index (χ3v) is 3.72. The molecule has 2 N–H and O–H groups in total. The van der Waals surface area contributed by atoms with Gasteiger partial charge in [0.15, 0.2) is 0 Å². The van der Waals surface area contributed by atoms with E-state index in [1.807, 2.05) is 0 Å². The van der Waals surface area contributed by atoms with E-state index in [2.05, 4.69) is 5.32 Å². The van der Waals surface area contributed by atoms with Crippen molar-refractivity contribution < 1.29 is 14.7 Å². The maximum absolute atomic E-state index is 12.1. The molecule has 1 saturated heterocycles. The summed E-state index contributed by atoms with van der Waals surface area (Å²) < 4.78 is 0. The number of likely N-dealkylation sites (tertiary alicyclic amines) is 1. The molecule has 2 amide bonds. The minimum Gasteiger partial charge on any atom is -0.480 e. The van der Waals surface area contributed by atoms with Crippen molar-refractivity contribution in [2.24, 2.45) is 0 Å². The Morgan fingerprint density at radius 2 is 2.21 bits per heavy atom. The molecule has 0 aromatic heterocycles. The van der Waals surface area contributed by atoms with Crippen LogP contribution in [0.2, 0.25) is 5.02 Å². The molecule has 6 heteroatoms. The lowest BCUT2D eigenvalue weighted by molar-refractivity contribution is -0.141. The fourth-order valence-electron chi connectivity index (χ4n) is 2.20. The number of carboxylic acids is 1. The normalized spacial score (nSPS) is 18.4. The molecule has 5 nitrogen and oxygen atoms in total. The largest absolute Gasteiger partial charge is 0.480 e. The first-order valence-corrected chi connectivity index (χ1v) is 6.44. The van der Waals surface area contributed by atoms with E-state index in [4.69, 9.17) is 16.7 Å². The van der Waals surface area contributed by atoms with E-state index in [0.717, 1.165) is 5.56 Å². The Kier molecular flexibility index (Phi) is 3.95. The van der Waals surface area contributed by atoms with Gasteiger partial charge in [-0.1, -0.05) is 17.7 Å². The highest BCUT2D eigenvalue weighted by Crippen LogP contribution is 2.24. The van der Waals surface area contributed by atoms with Crippen molar-refractivity contribution in [3.05, 3.63) is 28.8 Å². The van der Waals surface area contributed by atoms with Crippen molar-refractivity contribution in [2.45, 2.75) is 25.8 Å². The molecular formula is C13H15ClN2O3. The van der Waals surface area contributed by atoms with E-state index in [1.165, 1.54) is 4.90 Å². The van der Waals surface area contributed by atoms with Crippen LogP contribution in [0.1, 0.15) is 18.4 Å².